The molecule has 0 aliphatic heterocycles. The zero-order valence-electron chi connectivity index (χ0n) is 16.9. The maximum Gasteiger partial charge on any atom is 0.416 e. The summed E-state index contributed by atoms with van der Waals surface area (Å²) in [7, 11) is 1.67. The highest BCUT2D eigenvalue weighted by molar-refractivity contribution is 5.82. The maximum atomic E-state index is 12.7. The van der Waals surface area contributed by atoms with Crippen molar-refractivity contribution in [1.82, 2.24) is 19.7 Å². The van der Waals surface area contributed by atoms with Crippen LogP contribution in [0, 0.1) is 0 Å². The van der Waals surface area contributed by atoms with E-state index in [0.717, 1.165) is 46.7 Å². The number of benzene rings is 1. The van der Waals surface area contributed by atoms with Crippen LogP contribution in [-0.2, 0) is 12.8 Å². The second-order valence-electron chi connectivity index (χ2n) is 6.77. The third-order valence-electron chi connectivity index (χ3n) is 5.30. The van der Waals surface area contributed by atoms with Crippen LogP contribution in [-0.4, -0.2) is 46.0 Å². The molecule has 0 saturated heterocycles. The molecule has 1 aliphatic carbocycles. The van der Waals surface area contributed by atoms with Gasteiger partial charge in [0.25, 0.3) is 5.88 Å². The van der Waals surface area contributed by atoms with Gasteiger partial charge in [0, 0.05) is 31.0 Å². The van der Waals surface area contributed by atoms with Crippen molar-refractivity contribution in [3.8, 4) is 28.4 Å². The molecule has 0 fully saturated rings. The van der Waals surface area contributed by atoms with Gasteiger partial charge in [-0.15, -0.1) is 5.10 Å². The molecule has 0 spiro atoms. The molecule has 0 bridgehead atoms. The minimum atomic E-state index is -0.396. The van der Waals surface area contributed by atoms with E-state index in [9.17, 15) is 4.79 Å². The lowest BCUT2D eigenvalue weighted by molar-refractivity contribution is 0.155. The number of aromatic nitrogens is 3. The molecule has 7 nitrogen and oxygen atoms in total. The monoisotopic (exact) mass is 392 g/mol. The lowest BCUT2D eigenvalue weighted by Crippen LogP contribution is -2.33. The smallest absolute Gasteiger partial charge is 0.416 e. The lowest BCUT2D eigenvalue weighted by Gasteiger charge is -2.21. The molecule has 1 amide bonds. The fourth-order valence-electron chi connectivity index (χ4n) is 3.82. The Hall–Kier alpha value is -3.35. The van der Waals surface area contributed by atoms with Crippen molar-refractivity contribution in [2.24, 2.45) is 0 Å². The van der Waals surface area contributed by atoms with E-state index < -0.39 is 6.09 Å². The number of amides is 1. The van der Waals surface area contributed by atoms with E-state index in [4.69, 9.17) is 9.47 Å². The Morgan fingerprint density at radius 2 is 1.90 bits per heavy atom. The minimum absolute atomic E-state index is 0.322. The zero-order chi connectivity index (χ0) is 20.4. The van der Waals surface area contributed by atoms with Gasteiger partial charge in [-0.1, -0.05) is 12.1 Å². The molecular weight excluding hydrogens is 368 g/mol. The van der Waals surface area contributed by atoms with Crippen LogP contribution in [0.2, 0.25) is 0 Å². The van der Waals surface area contributed by atoms with Crippen molar-refractivity contribution in [3.63, 3.8) is 0 Å². The Labute approximate surface area is 169 Å². The normalized spacial score (nSPS) is 12.1. The molecule has 1 aromatic carbocycles. The number of pyridine rings is 1. The van der Waals surface area contributed by atoms with Crippen molar-refractivity contribution < 1.29 is 14.3 Å². The van der Waals surface area contributed by atoms with Gasteiger partial charge < -0.3 is 14.4 Å². The highest BCUT2D eigenvalue weighted by Gasteiger charge is 2.30. The summed E-state index contributed by atoms with van der Waals surface area (Å²) in [6, 6.07) is 9.73. The van der Waals surface area contributed by atoms with Gasteiger partial charge in [-0.3, -0.25) is 4.98 Å². The van der Waals surface area contributed by atoms with Crippen LogP contribution in [0.15, 0.2) is 42.7 Å². The predicted octanol–water partition coefficient (Wildman–Crippen LogP) is 3.88. The van der Waals surface area contributed by atoms with Crippen LogP contribution in [0.3, 0.4) is 0 Å². The Morgan fingerprint density at radius 3 is 2.59 bits per heavy atom. The summed E-state index contributed by atoms with van der Waals surface area (Å²) in [6.45, 7) is 5.01. The molecule has 2 heterocycles. The number of nitrogens with zero attached hydrogens (tertiary/aromatic N) is 4. The standard InChI is InChI=1S/C22H24N4O3/c1-4-25(5-2)22(27)29-21-20-17-7-6-8-19(28-3)16(17)9-10-18(20)26(24-21)15-11-13-23-14-12-15/h6-8,11-14H,4-5,9-10H2,1-3H3. The second kappa shape index (κ2) is 7.95. The molecule has 4 rings (SSSR count). The van der Waals surface area contributed by atoms with E-state index >= 15 is 0 Å². The fourth-order valence-corrected chi connectivity index (χ4v) is 3.82. The van der Waals surface area contributed by atoms with Gasteiger partial charge in [0.15, 0.2) is 0 Å². The topological polar surface area (TPSA) is 69.5 Å². The molecule has 2 aromatic heterocycles. The van der Waals surface area contributed by atoms with Crippen LogP contribution in [0.5, 0.6) is 11.6 Å². The SMILES string of the molecule is CCN(CC)C(=O)Oc1nn(-c2ccncc2)c2c1-c1cccc(OC)c1CC2. The van der Waals surface area contributed by atoms with E-state index in [2.05, 4.69) is 10.1 Å². The van der Waals surface area contributed by atoms with Crippen LogP contribution in [0.1, 0.15) is 25.1 Å². The number of carbonyl (C=O) groups is 1. The first-order valence-electron chi connectivity index (χ1n) is 9.83. The molecule has 0 atom stereocenters. The third-order valence-corrected chi connectivity index (χ3v) is 5.30. The van der Waals surface area contributed by atoms with Gasteiger partial charge in [0.05, 0.1) is 24.1 Å². The number of hydrogen-bond acceptors (Lipinski definition) is 5. The molecule has 29 heavy (non-hydrogen) atoms. The third kappa shape index (κ3) is 3.33. The van der Waals surface area contributed by atoms with Gasteiger partial charge >= 0.3 is 6.09 Å². The number of carbonyl (C=O) groups excluding carboxylic acids is 1. The molecule has 0 saturated carbocycles. The first kappa shape index (κ1) is 19.0. The highest BCUT2D eigenvalue weighted by atomic mass is 16.6. The summed E-state index contributed by atoms with van der Waals surface area (Å²) >= 11 is 0. The van der Waals surface area contributed by atoms with E-state index in [1.165, 1.54) is 0 Å². The molecule has 1 aliphatic rings. The van der Waals surface area contributed by atoms with Crippen molar-refractivity contribution in [2.45, 2.75) is 26.7 Å². The van der Waals surface area contributed by atoms with Crippen LogP contribution >= 0.6 is 0 Å². The quantitative estimate of drug-likeness (QED) is 0.659. The second-order valence-corrected chi connectivity index (χ2v) is 6.77. The molecule has 0 unspecified atom stereocenters. The number of methoxy groups -OCH3 is 1. The van der Waals surface area contributed by atoms with Gasteiger partial charge in [-0.05, 0) is 50.5 Å². The van der Waals surface area contributed by atoms with E-state index in [1.54, 1.807) is 24.4 Å². The molecular formula is C22H24N4O3. The van der Waals surface area contributed by atoms with Gasteiger partial charge in [-0.2, -0.15) is 0 Å². The predicted molar refractivity (Wildman–Crippen MR) is 110 cm³/mol. The lowest BCUT2D eigenvalue weighted by atomic mass is 9.89. The average Bonchev–Trinajstić information content (AvgIpc) is 3.13. The van der Waals surface area contributed by atoms with Crippen LogP contribution < -0.4 is 9.47 Å². The summed E-state index contributed by atoms with van der Waals surface area (Å²) in [5.41, 5.74) is 4.85. The average molecular weight is 392 g/mol. The van der Waals surface area contributed by atoms with Crippen LogP contribution in [0.25, 0.3) is 16.8 Å². The summed E-state index contributed by atoms with van der Waals surface area (Å²) in [5.74, 6) is 1.16. The largest absolute Gasteiger partial charge is 0.496 e. The number of rotatable bonds is 5. The summed E-state index contributed by atoms with van der Waals surface area (Å²) < 4.78 is 13.2. The van der Waals surface area contributed by atoms with E-state index in [1.807, 2.05) is 48.9 Å². The Balaban J connectivity index is 1.87. The van der Waals surface area contributed by atoms with Crippen molar-refractivity contribution >= 4 is 6.09 Å². The highest BCUT2D eigenvalue weighted by Crippen LogP contribution is 2.43. The van der Waals surface area contributed by atoms with Crippen molar-refractivity contribution in [1.29, 1.82) is 0 Å². The molecule has 7 heteroatoms. The maximum absolute atomic E-state index is 12.7. The fraction of sp³-hybridized carbons (Fsp3) is 0.318. The number of fused-ring (bicyclic) bond motifs is 3. The van der Waals surface area contributed by atoms with Crippen molar-refractivity contribution in [2.75, 3.05) is 20.2 Å². The Kier molecular flexibility index (Phi) is 5.20. The molecule has 0 radical (unpaired) electrons. The van der Waals surface area contributed by atoms with Crippen molar-refractivity contribution in [3.05, 3.63) is 54.0 Å². The number of ether oxygens (including phenoxy) is 2. The van der Waals surface area contributed by atoms with Gasteiger partial charge in [-0.25, -0.2) is 9.48 Å². The Bertz CT molecular complexity index is 1030. The van der Waals surface area contributed by atoms with Crippen LogP contribution in [0.4, 0.5) is 4.79 Å². The van der Waals surface area contributed by atoms with Gasteiger partial charge in [0.1, 0.15) is 5.75 Å². The first-order chi connectivity index (χ1) is 14.2. The molecule has 0 N–H and O–H groups in total. The van der Waals surface area contributed by atoms with E-state index in [-0.39, 0.29) is 0 Å². The number of hydrogen-bond donors (Lipinski definition) is 0. The summed E-state index contributed by atoms with van der Waals surface area (Å²) in [6.07, 6.45) is 4.65. The molecule has 3 aromatic rings. The summed E-state index contributed by atoms with van der Waals surface area (Å²) in [4.78, 5) is 18.4. The van der Waals surface area contributed by atoms with Gasteiger partial charge in [0.2, 0.25) is 0 Å². The summed E-state index contributed by atoms with van der Waals surface area (Å²) in [5, 5.41) is 4.69. The Morgan fingerprint density at radius 1 is 1.14 bits per heavy atom. The zero-order valence-corrected chi connectivity index (χ0v) is 16.9. The first-order valence-corrected chi connectivity index (χ1v) is 9.83. The van der Waals surface area contributed by atoms with E-state index in [0.29, 0.717) is 19.0 Å². The molecule has 150 valence electrons. The minimum Gasteiger partial charge on any atom is -0.496 e.